The maximum Gasteiger partial charge on any atom is 0.181 e. The molecule has 0 unspecified atom stereocenters. The van der Waals surface area contributed by atoms with Crippen molar-refractivity contribution in [1.82, 2.24) is 9.13 Å². The molecule has 0 saturated heterocycles. The first-order valence-corrected chi connectivity index (χ1v) is 19.6. The highest BCUT2D eigenvalue weighted by atomic mass is 28.3. The first kappa shape index (κ1) is 29.5. The topological polar surface area (TPSA) is 9.86 Å². The minimum Gasteiger partial charge on any atom is -0.309 e. The van der Waals surface area contributed by atoms with E-state index >= 15 is 0 Å². The molecule has 0 aliphatic carbocycles. The summed E-state index contributed by atoms with van der Waals surface area (Å²) >= 11 is 0. The maximum atomic E-state index is 2.52. The van der Waals surface area contributed by atoms with E-state index in [4.69, 9.17) is 0 Å². The van der Waals surface area contributed by atoms with E-state index in [2.05, 4.69) is 215 Å². The molecule has 0 atom stereocenters. The molecule has 0 fully saturated rings. The van der Waals surface area contributed by atoms with E-state index in [9.17, 15) is 0 Å². The Balaban J connectivity index is 1.37. The Labute approximate surface area is 298 Å². The third-order valence-corrected chi connectivity index (χ3v) is 15.5. The van der Waals surface area contributed by atoms with Gasteiger partial charge < -0.3 is 9.13 Å². The van der Waals surface area contributed by atoms with E-state index < -0.39 is 8.07 Å². The van der Waals surface area contributed by atoms with E-state index in [1.54, 1.807) is 0 Å². The first-order chi connectivity index (χ1) is 25.3. The monoisotopic (exact) mass is 666 g/mol. The van der Waals surface area contributed by atoms with Crippen LogP contribution in [0.2, 0.25) is 0 Å². The molecule has 0 saturated carbocycles. The number of nitrogens with zero attached hydrogens (tertiary/aromatic N) is 2. The van der Waals surface area contributed by atoms with Gasteiger partial charge in [-0.25, -0.2) is 0 Å². The van der Waals surface area contributed by atoms with Crippen molar-refractivity contribution in [3.05, 3.63) is 206 Å². The van der Waals surface area contributed by atoms with Crippen LogP contribution in [0.4, 0.5) is 0 Å². The summed E-state index contributed by atoms with van der Waals surface area (Å²) in [6, 6.07) is 76.2. The Morgan fingerprint density at radius 2 is 0.745 bits per heavy atom. The molecule has 2 heterocycles. The fourth-order valence-corrected chi connectivity index (χ4v) is 13.5. The zero-order valence-electron chi connectivity index (χ0n) is 28.0. The molecule has 10 aromatic rings. The lowest BCUT2D eigenvalue weighted by Gasteiger charge is -2.35. The van der Waals surface area contributed by atoms with Gasteiger partial charge in [0.25, 0.3) is 0 Å². The lowest BCUT2D eigenvalue weighted by Crippen LogP contribution is -2.75. The fourth-order valence-electron chi connectivity index (χ4n) is 8.58. The zero-order chi connectivity index (χ0) is 33.8. The first-order valence-electron chi connectivity index (χ1n) is 17.6. The van der Waals surface area contributed by atoms with Crippen LogP contribution in [0.3, 0.4) is 0 Å². The van der Waals surface area contributed by atoms with Gasteiger partial charge in [-0.05, 0) is 63.2 Å². The lowest BCUT2D eigenvalue weighted by atomic mass is 10.1. The molecule has 2 nitrogen and oxygen atoms in total. The Bertz CT molecular complexity index is 2690. The van der Waals surface area contributed by atoms with Crippen molar-refractivity contribution in [2.24, 2.45) is 0 Å². The smallest absolute Gasteiger partial charge is 0.181 e. The van der Waals surface area contributed by atoms with E-state index in [1.165, 1.54) is 64.4 Å². The number of hydrogen-bond acceptors (Lipinski definition) is 0. The van der Waals surface area contributed by atoms with Gasteiger partial charge >= 0.3 is 0 Å². The number of para-hydroxylation sites is 4. The van der Waals surface area contributed by atoms with Gasteiger partial charge in [-0.2, -0.15) is 0 Å². The molecule has 0 aliphatic rings. The van der Waals surface area contributed by atoms with E-state index in [1.807, 2.05) is 0 Å². The summed E-state index contributed by atoms with van der Waals surface area (Å²) in [7, 11) is -2.86. The second kappa shape index (κ2) is 11.9. The van der Waals surface area contributed by atoms with Gasteiger partial charge in [-0.15, -0.1) is 0 Å². The number of fused-ring (bicyclic) bond motifs is 6. The van der Waals surface area contributed by atoms with Crippen LogP contribution in [0.15, 0.2) is 206 Å². The Kier molecular flexibility index (Phi) is 6.86. The molecule has 10 rings (SSSR count). The van der Waals surface area contributed by atoms with Crippen LogP contribution in [-0.2, 0) is 0 Å². The average Bonchev–Trinajstić information content (AvgIpc) is 3.73. The normalized spacial score (nSPS) is 11.9. The van der Waals surface area contributed by atoms with Gasteiger partial charge in [0.15, 0.2) is 8.07 Å². The van der Waals surface area contributed by atoms with Crippen molar-refractivity contribution in [2.75, 3.05) is 0 Å². The molecule has 0 bridgehead atoms. The number of hydrogen-bond donors (Lipinski definition) is 0. The third kappa shape index (κ3) is 4.42. The van der Waals surface area contributed by atoms with Crippen molar-refractivity contribution >= 4 is 72.4 Å². The molecular weight excluding hydrogens is 633 g/mol. The Hall–Kier alpha value is -6.42. The summed E-state index contributed by atoms with van der Waals surface area (Å²) in [6.07, 6.45) is 0. The molecular formula is C48H34N2Si. The molecule has 3 heteroatoms. The molecule has 0 amide bonds. The van der Waals surface area contributed by atoms with Crippen molar-refractivity contribution in [3.63, 3.8) is 0 Å². The van der Waals surface area contributed by atoms with Crippen LogP contribution in [0.1, 0.15) is 0 Å². The highest BCUT2D eigenvalue weighted by Crippen LogP contribution is 2.37. The largest absolute Gasteiger partial charge is 0.309 e. The van der Waals surface area contributed by atoms with Crippen LogP contribution in [0.25, 0.3) is 55.0 Å². The van der Waals surface area contributed by atoms with E-state index in [-0.39, 0.29) is 0 Å². The summed E-state index contributed by atoms with van der Waals surface area (Å²) in [4.78, 5) is 0. The lowest BCUT2D eigenvalue weighted by molar-refractivity contribution is 1.17. The number of benzene rings is 8. The van der Waals surface area contributed by atoms with Gasteiger partial charge in [0.1, 0.15) is 0 Å². The Morgan fingerprint density at radius 3 is 1.29 bits per heavy atom. The molecule has 8 aromatic carbocycles. The van der Waals surface area contributed by atoms with Gasteiger partial charge in [-0.3, -0.25) is 0 Å². The van der Waals surface area contributed by atoms with Crippen LogP contribution < -0.4 is 20.7 Å². The minimum absolute atomic E-state index is 1.16. The zero-order valence-corrected chi connectivity index (χ0v) is 29.0. The molecule has 51 heavy (non-hydrogen) atoms. The summed E-state index contributed by atoms with van der Waals surface area (Å²) in [5.41, 5.74) is 7.22. The molecule has 240 valence electrons. The van der Waals surface area contributed by atoms with Crippen LogP contribution in [0.5, 0.6) is 0 Å². The molecule has 0 aliphatic heterocycles. The second-order valence-corrected chi connectivity index (χ2v) is 17.1. The number of rotatable bonds is 6. The third-order valence-electron chi connectivity index (χ3n) is 10.6. The molecule has 2 aromatic heterocycles. The van der Waals surface area contributed by atoms with E-state index in [0.717, 1.165) is 11.4 Å². The highest BCUT2D eigenvalue weighted by molar-refractivity contribution is 7.20. The van der Waals surface area contributed by atoms with Crippen LogP contribution in [-0.4, -0.2) is 17.2 Å². The van der Waals surface area contributed by atoms with Crippen LogP contribution in [0, 0.1) is 0 Å². The van der Waals surface area contributed by atoms with Gasteiger partial charge in [0, 0.05) is 32.9 Å². The van der Waals surface area contributed by atoms with Crippen molar-refractivity contribution < 1.29 is 0 Å². The predicted molar refractivity (Wildman–Crippen MR) is 219 cm³/mol. The quantitative estimate of drug-likeness (QED) is 0.124. The fraction of sp³-hybridized carbons (Fsp3) is 0. The summed E-state index contributed by atoms with van der Waals surface area (Å²) in [5, 5.41) is 10.5. The van der Waals surface area contributed by atoms with Gasteiger partial charge in [-0.1, -0.05) is 164 Å². The van der Waals surface area contributed by atoms with Crippen molar-refractivity contribution in [1.29, 1.82) is 0 Å². The van der Waals surface area contributed by atoms with Crippen molar-refractivity contribution in [3.8, 4) is 11.4 Å². The molecule has 0 spiro atoms. The summed E-state index contributed by atoms with van der Waals surface area (Å²) in [5.74, 6) is 0. The molecule has 0 radical (unpaired) electrons. The highest BCUT2D eigenvalue weighted by Gasteiger charge is 2.43. The summed E-state index contributed by atoms with van der Waals surface area (Å²) in [6.45, 7) is 0. The maximum absolute atomic E-state index is 2.86. The van der Waals surface area contributed by atoms with Gasteiger partial charge in [0.05, 0.1) is 22.1 Å². The average molecular weight is 667 g/mol. The minimum atomic E-state index is -2.86. The van der Waals surface area contributed by atoms with Gasteiger partial charge in [0.2, 0.25) is 0 Å². The number of aromatic nitrogens is 2. The SMILES string of the molecule is c1ccc(-n2c3ccc(-n4c5ccccc5c5ccccc54)cc3c3cccc([Si](c4ccccc4)(c4ccccc4)c4ccccc4)c32)cc1. The standard InChI is InChI=1S/C48H34N2Si/c1-5-18-35(19-6-1)50-46-33-32-36(49-44-29-15-13-26-40(44)41-27-14-16-30-45(41)49)34-43(46)42-28-17-31-47(48(42)50)51(37-20-7-2-8-21-37,38-22-9-3-10-23-38)39-24-11-4-12-25-39/h1-34H. The predicted octanol–water partition coefficient (Wildman–Crippen LogP) is 9.26. The Morgan fingerprint density at radius 1 is 0.294 bits per heavy atom. The summed E-state index contributed by atoms with van der Waals surface area (Å²) < 4.78 is 4.95. The van der Waals surface area contributed by atoms with Crippen LogP contribution >= 0.6 is 0 Å². The van der Waals surface area contributed by atoms with Crippen molar-refractivity contribution in [2.45, 2.75) is 0 Å². The van der Waals surface area contributed by atoms with E-state index in [0.29, 0.717) is 0 Å². The molecule has 0 N–H and O–H groups in total. The second-order valence-electron chi connectivity index (χ2n) is 13.3.